The number of rotatable bonds is 5. The SMILES string of the molecule is C[C@H]1C[C@@H](C(=O)NCC2CCN(Cc3ccccc3)CC2)CCN1. The summed E-state index contributed by atoms with van der Waals surface area (Å²) in [5, 5.41) is 6.63. The maximum Gasteiger partial charge on any atom is 0.223 e. The summed E-state index contributed by atoms with van der Waals surface area (Å²) in [7, 11) is 0. The Balaban J connectivity index is 1.35. The number of likely N-dealkylation sites (tertiary alicyclic amines) is 1. The van der Waals surface area contributed by atoms with Crippen molar-refractivity contribution in [3.8, 4) is 0 Å². The summed E-state index contributed by atoms with van der Waals surface area (Å²) in [6, 6.07) is 11.2. The second-order valence-electron chi connectivity index (χ2n) is 7.53. The molecule has 2 aliphatic rings. The third-order valence-electron chi connectivity index (χ3n) is 5.52. The van der Waals surface area contributed by atoms with Crippen LogP contribution in [0.1, 0.15) is 38.2 Å². The number of amides is 1. The van der Waals surface area contributed by atoms with Crippen LogP contribution in [-0.2, 0) is 11.3 Å². The van der Waals surface area contributed by atoms with Crippen LogP contribution in [0.15, 0.2) is 30.3 Å². The molecule has 132 valence electrons. The van der Waals surface area contributed by atoms with Crippen LogP contribution in [0.5, 0.6) is 0 Å². The molecule has 24 heavy (non-hydrogen) atoms. The molecule has 0 saturated carbocycles. The highest BCUT2D eigenvalue weighted by atomic mass is 16.1. The first-order valence-corrected chi connectivity index (χ1v) is 9.48. The van der Waals surface area contributed by atoms with Gasteiger partial charge in [0, 0.05) is 25.0 Å². The molecule has 0 spiro atoms. The topological polar surface area (TPSA) is 44.4 Å². The normalized spacial score (nSPS) is 26.2. The predicted octanol–water partition coefficient (Wildman–Crippen LogP) is 2.40. The average Bonchev–Trinajstić information content (AvgIpc) is 2.62. The lowest BCUT2D eigenvalue weighted by Crippen LogP contribution is -2.44. The van der Waals surface area contributed by atoms with Crippen molar-refractivity contribution in [1.29, 1.82) is 0 Å². The Labute approximate surface area is 146 Å². The van der Waals surface area contributed by atoms with Crippen molar-refractivity contribution in [3.63, 3.8) is 0 Å². The predicted molar refractivity (Wildman–Crippen MR) is 97.6 cm³/mol. The molecule has 2 N–H and O–H groups in total. The fourth-order valence-corrected chi connectivity index (χ4v) is 3.95. The van der Waals surface area contributed by atoms with E-state index < -0.39 is 0 Å². The molecule has 2 atom stereocenters. The number of benzene rings is 1. The molecule has 2 aliphatic heterocycles. The van der Waals surface area contributed by atoms with Gasteiger partial charge in [0.2, 0.25) is 5.91 Å². The van der Waals surface area contributed by atoms with Crippen LogP contribution in [0.2, 0.25) is 0 Å². The molecule has 1 amide bonds. The lowest BCUT2D eigenvalue weighted by Gasteiger charge is -2.33. The first-order valence-electron chi connectivity index (χ1n) is 9.48. The summed E-state index contributed by atoms with van der Waals surface area (Å²) in [6.07, 6.45) is 4.33. The molecule has 1 aromatic carbocycles. The highest BCUT2D eigenvalue weighted by molar-refractivity contribution is 5.78. The van der Waals surface area contributed by atoms with Gasteiger partial charge in [0.1, 0.15) is 0 Å². The van der Waals surface area contributed by atoms with E-state index >= 15 is 0 Å². The molecule has 4 heteroatoms. The number of nitrogens with zero attached hydrogens (tertiary/aromatic N) is 1. The minimum Gasteiger partial charge on any atom is -0.356 e. The Morgan fingerprint density at radius 3 is 2.67 bits per heavy atom. The number of nitrogens with one attached hydrogen (secondary N) is 2. The largest absolute Gasteiger partial charge is 0.356 e. The monoisotopic (exact) mass is 329 g/mol. The van der Waals surface area contributed by atoms with E-state index in [0.717, 1.165) is 45.6 Å². The van der Waals surface area contributed by atoms with E-state index in [1.54, 1.807) is 0 Å². The second-order valence-corrected chi connectivity index (χ2v) is 7.53. The first kappa shape index (κ1) is 17.4. The van der Waals surface area contributed by atoms with Crippen molar-refractivity contribution >= 4 is 5.91 Å². The van der Waals surface area contributed by atoms with E-state index in [1.165, 1.54) is 18.4 Å². The van der Waals surface area contributed by atoms with Crippen molar-refractivity contribution in [2.75, 3.05) is 26.2 Å². The van der Waals surface area contributed by atoms with E-state index in [0.29, 0.717) is 12.0 Å². The summed E-state index contributed by atoms with van der Waals surface area (Å²) in [4.78, 5) is 14.9. The fraction of sp³-hybridized carbons (Fsp3) is 0.650. The van der Waals surface area contributed by atoms with Crippen LogP contribution in [0, 0.1) is 11.8 Å². The number of carbonyl (C=O) groups is 1. The molecule has 0 aliphatic carbocycles. The molecule has 2 saturated heterocycles. The minimum atomic E-state index is 0.208. The number of piperidine rings is 2. The highest BCUT2D eigenvalue weighted by Crippen LogP contribution is 2.20. The molecule has 3 rings (SSSR count). The van der Waals surface area contributed by atoms with Gasteiger partial charge in [-0.05, 0) is 63.7 Å². The van der Waals surface area contributed by atoms with E-state index in [9.17, 15) is 4.79 Å². The quantitative estimate of drug-likeness (QED) is 0.872. The Morgan fingerprint density at radius 2 is 1.96 bits per heavy atom. The molecule has 4 nitrogen and oxygen atoms in total. The van der Waals surface area contributed by atoms with Gasteiger partial charge in [-0.2, -0.15) is 0 Å². The molecule has 2 heterocycles. The van der Waals surface area contributed by atoms with Crippen molar-refractivity contribution in [1.82, 2.24) is 15.5 Å². The Bertz CT molecular complexity index is 511. The van der Waals surface area contributed by atoms with Crippen LogP contribution < -0.4 is 10.6 Å². The van der Waals surface area contributed by atoms with Crippen molar-refractivity contribution in [2.45, 2.75) is 45.2 Å². The van der Waals surface area contributed by atoms with Gasteiger partial charge >= 0.3 is 0 Å². The van der Waals surface area contributed by atoms with Crippen LogP contribution in [-0.4, -0.2) is 43.0 Å². The van der Waals surface area contributed by atoms with Crippen LogP contribution in [0.25, 0.3) is 0 Å². The molecule has 0 bridgehead atoms. The molecular weight excluding hydrogens is 298 g/mol. The molecule has 0 radical (unpaired) electrons. The Hall–Kier alpha value is -1.39. The van der Waals surface area contributed by atoms with Gasteiger partial charge < -0.3 is 10.6 Å². The van der Waals surface area contributed by atoms with E-state index in [2.05, 4.69) is 52.8 Å². The zero-order chi connectivity index (χ0) is 16.8. The maximum atomic E-state index is 12.3. The van der Waals surface area contributed by atoms with Crippen LogP contribution in [0.4, 0.5) is 0 Å². The standard InChI is InChI=1S/C20H31N3O/c1-16-13-19(7-10-21-16)20(24)22-14-17-8-11-23(12-9-17)15-18-5-3-2-4-6-18/h2-6,16-17,19,21H,7-15H2,1H3,(H,22,24)/t16-,19-/m0/s1. The van der Waals surface area contributed by atoms with Crippen molar-refractivity contribution in [2.24, 2.45) is 11.8 Å². The highest BCUT2D eigenvalue weighted by Gasteiger charge is 2.26. The van der Waals surface area contributed by atoms with Gasteiger partial charge in [-0.15, -0.1) is 0 Å². The molecule has 1 aromatic rings. The lowest BCUT2D eigenvalue weighted by atomic mass is 9.91. The van der Waals surface area contributed by atoms with Crippen LogP contribution >= 0.6 is 0 Å². The average molecular weight is 329 g/mol. The molecule has 0 unspecified atom stereocenters. The van der Waals surface area contributed by atoms with E-state index in [1.807, 2.05) is 0 Å². The number of hydrogen-bond acceptors (Lipinski definition) is 3. The zero-order valence-electron chi connectivity index (χ0n) is 14.8. The summed E-state index contributed by atoms with van der Waals surface area (Å²) in [5.41, 5.74) is 1.39. The van der Waals surface area contributed by atoms with Gasteiger partial charge in [0.25, 0.3) is 0 Å². The van der Waals surface area contributed by atoms with Crippen molar-refractivity contribution < 1.29 is 4.79 Å². The van der Waals surface area contributed by atoms with Gasteiger partial charge in [0.05, 0.1) is 0 Å². The number of hydrogen-bond donors (Lipinski definition) is 2. The number of carbonyl (C=O) groups excluding carboxylic acids is 1. The van der Waals surface area contributed by atoms with Crippen molar-refractivity contribution in [3.05, 3.63) is 35.9 Å². The Kier molecular flexibility index (Phi) is 6.27. The smallest absolute Gasteiger partial charge is 0.223 e. The third-order valence-corrected chi connectivity index (χ3v) is 5.52. The van der Waals surface area contributed by atoms with Gasteiger partial charge in [-0.3, -0.25) is 9.69 Å². The van der Waals surface area contributed by atoms with Crippen LogP contribution in [0.3, 0.4) is 0 Å². The molecular formula is C20H31N3O. The summed E-state index contributed by atoms with van der Waals surface area (Å²) in [6.45, 7) is 7.32. The van der Waals surface area contributed by atoms with Gasteiger partial charge in [-0.25, -0.2) is 0 Å². The summed E-state index contributed by atoms with van der Waals surface area (Å²) >= 11 is 0. The third kappa shape index (κ3) is 5.05. The minimum absolute atomic E-state index is 0.208. The summed E-state index contributed by atoms with van der Waals surface area (Å²) in [5.74, 6) is 1.12. The molecule has 0 aromatic heterocycles. The maximum absolute atomic E-state index is 12.3. The zero-order valence-corrected chi connectivity index (χ0v) is 14.8. The second kappa shape index (κ2) is 8.63. The lowest BCUT2D eigenvalue weighted by molar-refractivity contribution is -0.126. The van der Waals surface area contributed by atoms with E-state index in [4.69, 9.17) is 0 Å². The van der Waals surface area contributed by atoms with Gasteiger partial charge in [0.15, 0.2) is 0 Å². The molecule has 2 fully saturated rings. The fourth-order valence-electron chi connectivity index (χ4n) is 3.95. The summed E-state index contributed by atoms with van der Waals surface area (Å²) < 4.78 is 0. The van der Waals surface area contributed by atoms with Gasteiger partial charge in [-0.1, -0.05) is 30.3 Å². The first-order chi connectivity index (χ1) is 11.7. The Morgan fingerprint density at radius 1 is 1.21 bits per heavy atom. The van der Waals surface area contributed by atoms with E-state index in [-0.39, 0.29) is 11.8 Å².